The Morgan fingerprint density at radius 2 is 1.82 bits per heavy atom. The van der Waals surface area contributed by atoms with Gasteiger partial charge in [0.15, 0.2) is 0 Å². The Hall–Kier alpha value is -2.14. The lowest BCUT2D eigenvalue weighted by molar-refractivity contribution is 0.0520. The van der Waals surface area contributed by atoms with Gasteiger partial charge in [-0.2, -0.15) is 0 Å². The van der Waals surface area contributed by atoms with Crippen LogP contribution in [0.1, 0.15) is 33.2 Å². The molecular weight excluding hydrogens is 348 g/mol. The molecule has 0 aliphatic carbocycles. The van der Waals surface area contributed by atoms with Gasteiger partial charge in [0.1, 0.15) is 11.3 Å². The highest BCUT2D eigenvalue weighted by molar-refractivity contribution is 9.10. The van der Waals surface area contributed by atoms with Crippen LogP contribution in [-0.2, 0) is 4.74 Å². The number of esters is 2. The Morgan fingerprint density at radius 3 is 2.50 bits per heavy atom. The first-order chi connectivity index (χ1) is 10.5. The Morgan fingerprint density at radius 1 is 1.09 bits per heavy atom. The predicted octanol–water partition coefficient (Wildman–Crippen LogP) is 4.15. The first kappa shape index (κ1) is 16.2. The molecular formula is C17H15BrO4. The van der Waals surface area contributed by atoms with Crippen LogP contribution in [0.2, 0.25) is 0 Å². The molecule has 22 heavy (non-hydrogen) atoms. The number of rotatable bonds is 4. The molecule has 114 valence electrons. The molecule has 0 heterocycles. The molecule has 2 aromatic rings. The maximum Gasteiger partial charge on any atom is 0.343 e. The van der Waals surface area contributed by atoms with Crippen LogP contribution >= 0.6 is 15.9 Å². The number of hydrogen-bond acceptors (Lipinski definition) is 4. The molecule has 0 amide bonds. The van der Waals surface area contributed by atoms with Crippen molar-refractivity contribution in [3.63, 3.8) is 0 Å². The zero-order chi connectivity index (χ0) is 16.1. The highest BCUT2D eigenvalue weighted by atomic mass is 79.9. The second kappa shape index (κ2) is 7.22. The molecule has 2 aromatic carbocycles. The van der Waals surface area contributed by atoms with Crippen molar-refractivity contribution < 1.29 is 19.1 Å². The fourth-order valence-corrected chi connectivity index (χ4v) is 2.19. The zero-order valence-electron chi connectivity index (χ0n) is 12.3. The summed E-state index contributed by atoms with van der Waals surface area (Å²) in [5.41, 5.74) is 1.64. The van der Waals surface area contributed by atoms with Crippen LogP contribution in [0.4, 0.5) is 0 Å². The van der Waals surface area contributed by atoms with Gasteiger partial charge in [0.25, 0.3) is 0 Å². The van der Waals surface area contributed by atoms with E-state index in [1.54, 1.807) is 43.3 Å². The van der Waals surface area contributed by atoms with Crippen LogP contribution in [-0.4, -0.2) is 18.5 Å². The van der Waals surface area contributed by atoms with Crippen molar-refractivity contribution in [2.24, 2.45) is 0 Å². The zero-order valence-corrected chi connectivity index (χ0v) is 13.8. The number of hydrogen-bond donors (Lipinski definition) is 0. The van der Waals surface area contributed by atoms with E-state index in [2.05, 4.69) is 15.9 Å². The lowest BCUT2D eigenvalue weighted by Gasteiger charge is -2.09. The minimum atomic E-state index is -0.530. The Bertz CT molecular complexity index is 710. The monoisotopic (exact) mass is 362 g/mol. The van der Waals surface area contributed by atoms with E-state index in [1.165, 1.54) is 0 Å². The molecule has 0 radical (unpaired) electrons. The van der Waals surface area contributed by atoms with Gasteiger partial charge in [-0.3, -0.25) is 0 Å². The average molecular weight is 363 g/mol. The number of carbonyl (C=O) groups excluding carboxylic acids is 2. The van der Waals surface area contributed by atoms with Gasteiger partial charge in [-0.25, -0.2) is 9.59 Å². The SMILES string of the molecule is CCOC(=O)c1ccccc1OC(=O)c1ccc(C)c(Br)c1. The second-order valence-corrected chi connectivity index (χ2v) is 5.42. The summed E-state index contributed by atoms with van der Waals surface area (Å²) < 4.78 is 11.1. The highest BCUT2D eigenvalue weighted by Crippen LogP contribution is 2.22. The number of para-hydroxylation sites is 1. The van der Waals surface area contributed by atoms with Crippen molar-refractivity contribution in [2.75, 3.05) is 6.61 Å². The molecule has 2 rings (SSSR count). The summed E-state index contributed by atoms with van der Waals surface area (Å²) >= 11 is 3.38. The Kier molecular flexibility index (Phi) is 5.33. The maximum atomic E-state index is 12.2. The van der Waals surface area contributed by atoms with E-state index >= 15 is 0 Å². The summed E-state index contributed by atoms with van der Waals surface area (Å²) in [4.78, 5) is 24.1. The van der Waals surface area contributed by atoms with Gasteiger partial charge in [-0.15, -0.1) is 0 Å². The topological polar surface area (TPSA) is 52.6 Å². The quantitative estimate of drug-likeness (QED) is 0.605. The van der Waals surface area contributed by atoms with E-state index in [0.717, 1.165) is 10.0 Å². The third-order valence-corrected chi connectivity index (χ3v) is 3.85. The first-order valence-electron chi connectivity index (χ1n) is 6.77. The summed E-state index contributed by atoms with van der Waals surface area (Å²) in [6.45, 7) is 3.90. The van der Waals surface area contributed by atoms with Gasteiger partial charge < -0.3 is 9.47 Å². The van der Waals surface area contributed by atoms with E-state index in [9.17, 15) is 9.59 Å². The molecule has 4 nitrogen and oxygen atoms in total. The van der Waals surface area contributed by atoms with Gasteiger partial charge in [-0.05, 0) is 43.7 Å². The van der Waals surface area contributed by atoms with Crippen LogP contribution in [0, 0.1) is 6.92 Å². The van der Waals surface area contributed by atoms with E-state index in [0.29, 0.717) is 5.56 Å². The first-order valence-corrected chi connectivity index (χ1v) is 7.56. The van der Waals surface area contributed by atoms with Crippen molar-refractivity contribution in [3.05, 3.63) is 63.6 Å². The van der Waals surface area contributed by atoms with Crippen LogP contribution in [0.25, 0.3) is 0 Å². The van der Waals surface area contributed by atoms with E-state index in [4.69, 9.17) is 9.47 Å². The van der Waals surface area contributed by atoms with Gasteiger partial charge in [0.05, 0.1) is 12.2 Å². The lowest BCUT2D eigenvalue weighted by Crippen LogP contribution is -2.13. The van der Waals surface area contributed by atoms with Crippen molar-refractivity contribution in [2.45, 2.75) is 13.8 Å². The van der Waals surface area contributed by atoms with Gasteiger partial charge in [0.2, 0.25) is 0 Å². The molecule has 0 fully saturated rings. The molecule has 0 saturated carbocycles. The normalized spacial score (nSPS) is 10.1. The third-order valence-electron chi connectivity index (χ3n) is 2.99. The average Bonchev–Trinajstić information content (AvgIpc) is 2.50. The van der Waals surface area contributed by atoms with Crippen LogP contribution in [0.3, 0.4) is 0 Å². The molecule has 0 spiro atoms. The maximum absolute atomic E-state index is 12.2. The molecule has 0 aromatic heterocycles. The summed E-state index contributed by atoms with van der Waals surface area (Å²) in [6.07, 6.45) is 0. The molecule has 0 aliphatic rings. The van der Waals surface area contributed by atoms with Crippen molar-refractivity contribution in [1.29, 1.82) is 0 Å². The molecule has 0 N–H and O–H groups in total. The fourth-order valence-electron chi connectivity index (χ4n) is 1.81. The summed E-state index contributed by atoms with van der Waals surface area (Å²) in [5, 5.41) is 0. The highest BCUT2D eigenvalue weighted by Gasteiger charge is 2.17. The number of benzene rings is 2. The minimum absolute atomic E-state index is 0.183. The Labute approximate surface area is 137 Å². The second-order valence-electron chi connectivity index (χ2n) is 4.57. The number of ether oxygens (including phenoxy) is 2. The van der Waals surface area contributed by atoms with Crippen LogP contribution in [0.5, 0.6) is 5.75 Å². The van der Waals surface area contributed by atoms with E-state index in [-0.39, 0.29) is 17.9 Å². The van der Waals surface area contributed by atoms with E-state index < -0.39 is 11.9 Å². The molecule has 0 saturated heterocycles. The Balaban J connectivity index is 2.25. The molecule has 0 atom stereocenters. The molecule has 5 heteroatoms. The fraction of sp³-hybridized carbons (Fsp3) is 0.176. The molecule has 0 aliphatic heterocycles. The predicted molar refractivity (Wildman–Crippen MR) is 86.2 cm³/mol. The standard InChI is InChI=1S/C17H15BrO4/c1-3-21-17(20)13-6-4-5-7-15(13)22-16(19)12-9-8-11(2)14(18)10-12/h4-10H,3H2,1-2H3. The number of halogens is 1. The number of aryl methyl sites for hydroxylation is 1. The summed E-state index contributed by atoms with van der Waals surface area (Å²) in [7, 11) is 0. The van der Waals surface area contributed by atoms with E-state index in [1.807, 2.05) is 13.0 Å². The molecule has 0 bridgehead atoms. The van der Waals surface area contributed by atoms with Crippen LogP contribution < -0.4 is 4.74 Å². The largest absolute Gasteiger partial charge is 0.462 e. The minimum Gasteiger partial charge on any atom is -0.462 e. The van der Waals surface area contributed by atoms with Crippen molar-refractivity contribution >= 4 is 27.9 Å². The molecule has 0 unspecified atom stereocenters. The number of carbonyl (C=O) groups is 2. The van der Waals surface area contributed by atoms with Crippen LogP contribution in [0.15, 0.2) is 46.9 Å². The van der Waals surface area contributed by atoms with Crippen molar-refractivity contribution in [1.82, 2.24) is 0 Å². The lowest BCUT2D eigenvalue weighted by atomic mass is 10.1. The van der Waals surface area contributed by atoms with Gasteiger partial charge >= 0.3 is 11.9 Å². The van der Waals surface area contributed by atoms with Gasteiger partial charge in [0, 0.05) is 4.47 Å². The van der Waals surface area contributed by atoms with Gasteiger partial charge in [-0.1, -0.05) is 34.1 Å². The third kappa shape index (κ3) is 3.74. The summed E-state index contributed by atoms with van der Waals surface area (Å²) in [6, 6.07) is 11.7. The van der Waals surface area contributed by atoms with Crippen molar-refractivity contribution in [3.8, 4) is 5.75 Å². The summed E-state index contributed by atoms with van der Waals surface area (Å²) in [5.74, 6) is -0.865. The smallest absolute Gasteiger partial charge is 0.343 e.